The summed E-state index contributed by atoms with van der Waals surface area (Å²) in [7, 11) is 1.96. The van der Waals surface area contributed by atoms with Crippen LogP contribution in [0.25, 0.3) is 0 Å². The Morgan fingerprint density at radius 2 is 1.88 bits per heavy atom. The van der Waals surface area contributed by atoms with Crippen LogP contribution in [0, 0.1) is 0 Å². The topological polar surface area (TPSA) is 28.4 Å². The first-order valence-electron chi connectivity index (χ1n) is 6.82. The van der Waals surface area contributed by atoms with E-state index in [4.69, 9.17) is 4.42 Å². The molecule has 0 amide bonds. The molecule has 1 aromatic heterocycles. The smallest absolute Gasteiger partial charge is 0.118 e. The molecule has 1 aliphatic rings. The zero-order valence-corrected chi connectivity index (χ0v) is 10.9. The number of likely N-dealkylation sites (tertiary alicyclic amines) is 1. The Hall–Kier alpha value is -0.800. The highest BCUT2D eigenvalue weighted by Crippen LogP contribution is 2.15. The fraction of sp³-hybridized carbons (Fsp3) is 0.714. The molecule has 0 spiro atoms. The molecule has 96 valence electrons. The number of furan rings is 1. The summed E-state index contributed by atoms with van der Waals surface area (Å²) in [6.07, 6.45) is 8.74. The maximum absolute atomic E-state index is 5.61. The third kappa shape index (κ3) is 4.17. The molecule has 1 aromatic rings. The van der Waals surface area contributed by atoms with E-state index in [0.29, 0.717) is 0 Å². The first kappa shape index (κ1) is 12.7. The van der Waals surface area contributed by atoms with Crippen LogP contribution in [-0.4, -0.2) is 25.0 Å². The van der Waals surface area contributed by atoms with Gasteiger partial charge in [0.2, 0.25) is 0 Å². The maximum atomic E-state index is 5.61. The van der Waals surface area contributed by atoms with Gasteiger partial charge in [0, 0.05) is 12.1 Å². The first-order valence-corrected chi connectivity index (χ1v) is 6.82. The standard InChI is InChI=1S/C14H24N2O/c1-15-10-13-9-14(17-12-13)11-16-7-5-3-2-4-6-8-16/h9,12,15H,2-8,10-11H2,1H3. The molecule has 0 saturated carbocycles. The van der Waals surface area contributed by atoms with Crippen LogP contribution in [0.15, 0.2) is 16.7 Å². The van der Waals surface area contributed by atoms with E-state index in [-0.39, 0.29) is 0 Å². The molecule has 2 heterocycles. The van der Waals surface area contributed by atoms with Gasteiger partial charge in [-0.15, -0.1) is 0 Å². The van der Waals surface area contributed by atoms with Crippen LogP contribution >= 0.6 is 0 Å². The van der Waals surface area contributed by atoms with E-state index in [0.717, 1.165) is 18.8 Å². The van der Waals surface area contributed by atoms with Crippen LogP contribution in [0.5, 0.6) is 0 Å². The molecule has 0 aliphatic carbocycles. The van der Waals surface area contributed by atoms with Gasteiger partial charge in [-0.3, -0.25) is 4.90 Å². The summed E-state index contributed by atoms with van der Waals surface area (Å²) in [5.41, 5.74) is 1.24. The van der Waals surface area contributed by atoms with Crippen LogP contribution in [0.3, 0.4) is 0 Å². The molecule has 1 fully saturated rings. The lowest BCUT2D eigenvalue weighted by atomic mass is 10.1. The van der Waals surface area contributed by atoms with Gasteiger partial charge in [0.1, 0.15) is 5.76 Å². The minimum Gasteiger partial charge on any atom is -0.468 e. The molecule has 0 aromatic carbocycles. The zero-order valence-electron chi connectivity index (χ0n) is 10.9. The molecule has 1 aliphatic heterocycles. The largest absolute Gasteiger partial charge is 0.468 e. The number of nitrogens with zero attached hydrogens (tertiary/aromatic N) is 1. The average molecular weight is 236 g/mol. The van der Waals surface area contributed by atoms with Crippen LogP contribution in [0.2, 0.25) is 0 Å². The van der Waals surface area contributed by atoms with Crippen LogP contribution in [0.1, 0.15) is 43.4 Å². The van der Waals surface area contributed by atoms with E-state index in [1.807, 2.05) is 13.3 Å². The highest BCUT2D eigenvalue weighted by Gasteiger charge is 2.10. The fourth-order valence-corrected chi connectivity index (χ4v) is 2.50. The molecule has 0 bridgehead atoms. The van der Waals surface area contributed by atoms with Crippen LogP contribution < -0.4 is 5.32 Å². The molecule has 1 saturated heterocycles. The Bertz CT molecular complexity index is 314. The van der Waals surface area contributed by atoms with E-state index >= 15 is 0 Å². The van der Waals surface area contributed by atoms with Gasteiger partial charge in [0.15, 0.2) is 0 Å². The number of rotatable bonds is 4. The molecule has 0 unspecified atom stereocenters. The van der Waals surface area contributed by atoms with Crippen molar-refractivity contribution in [2.45, 2.75) is 45.2 Å². The molecule has 17 heavy (non-hydrogen) atoms. The SMILES string of the molecule is CNCc1coc(CN2CCCCCCC2)c1. The summed E-state index contributed by atoms with van der Waals surface area (Å²) >= 11 is 0. The highest BCUT2D eigenvalue weighted by atomic mass is 16.3. The van der Waals surface area contributed by atoms with Gasteiger partial charge in [0.05, 0.1) is 12.8 Å². The monoisotopic (exact) mass is 236 g/mol. The lowest BCUT2D eigenvalue weighted by Gasteiger charge is -2.23. The summed E-state index contributed by atoms with van der Waals surface area (Å²) < 4.78 is 5.61. The lowest BCUT2D eigenvalue weighted by molar-refractivity contribution is 0.222. The quantitative estimate of drug-likeness (QED) is 0.871. The zero-order chi connectivity index (χ0) is 11.9. The number of hydrogen-bond acceptors (Lipinski definition) is 3. The van der Waals surface area contributed by atoms with Crippen molar-refractivity contribution in [3.8, 4) is 0 Å². The van der Waals surface area contributed by atoms with Crippen molar-refractivity contribution in [3.63, 3.8) is 0 Å². The van der Waals surface area contributed by atoms with Crippen molar-refractivity contribution in [3.05, 3.63) is 23.7 Å². The summed E-state index contributed by atoms with van der Waals surface area (Å²) in [4.78, 5) is 2.53. The number of hydrogen-bond donors (Lipinski definition) is 1. The molecular weight excluding hydrogens is 212 g/mol. The third-order valence-electron chi connectivity index (χ3n) is 3.42. The van der Waals surface area contributed by atoms with Gasteiger partial charge in [-0.1, -0.05) is 19.3 Å². The Morgan fingerprint density at radius 3 is 2.59 bits per heavy atom. The summed E-state index contributed by atoms with van der Waals surface area (Å²) in [6.45, 7) is 4.32. The van der Waals surface area contributed by atoms with Crippen molar-refractivity contribution in [2.24, 2.45) is 0 Å². The third-order valence-corrected chi connectivity index (χ3v) is 3.42. The van der Waals surface area contributed by atoms with E-state index in [9.17, 15) is 0 Å². The predicted octanol–water partition coefficient (Wildman–Crippen LogP) is 2.77. The Balaban J connectivity index is 1.84. The summed E-state index contributed by atoms with van der Waals surface area (Å²) in [5, 5.41) is 3.15. The van der Waals surface area contributed by atoms with Gasteiger partial charge in [-0.25, -0.2) is 0 Å². The van der Waals surface area contributed by atoms with E-state index in [1.54, 1.807) is 0 Å². The molecule has 0 atom stereocenters. The second kappa shape index (κ2) is 6.82. The van der Waals surface area contributed by atoms with E-state index in [2.05, 4.69) is 16.3 Å². The van der Waals surface area contributed by atoms with Crippen LogP contribution in [-0.2, 0) is 13.1 Å². The molecule has 1 N–H and O–H groups in total. The van der Waals surface area contributed by atoms with Crippen molar-refractivity contribution in [2.75, 3.05) is 20.1 Å². The van der Waals surface area contributed by atoms with Crippen molar-refractivity contribution in [1.29, 1.82) is 0 Å². The van der Waals surface area contributed by atoms with Gasteiger partial charge in [0.25, 0.3) is 0 Å². The lowest BCUT2D eigenvalue weighted by Crippen LogP contribution is -2.26. The summed E-state index contributed by atoms with van der Waals surface area (Å²) in [6, 6.07) is 2.18. The van der Waals surface area contributed by atoms with E-state index < -0.39 is 0 Å². The Kier molecular flexibility index (Phi) is 5.08. The minimum absolute atomic E-state index is 0.892. The Labute approximate surface area is 104 Å². The molecule has 2 rings (SSSR count). The first-order chi connectivity index (χ1) is 8.38. The Morgan fingerprint density at radius 1 is 1.18 bits per heavy atom. The normalized spacial score (nSPS) is 18.9. The van der Waals surface area contributed by atoms with Gasteiger partial charge in [-0.2, -0.15) is 0 Å². The van der Waals surface area contributed by atoms with Gasteiger partial charge in [-0.05, 0) is 39.0 Å². The maximum Gasteiger partial charge on any atom is 0.118 e. The van der Waals surface area contributed by atoms with Gasteiger partial charge < -0.3 is 9.73 Å². The molecular formula is C14H24N2O. The minimum atomic E-state index is 0.892. The van der Waals surface area contributed by atoms with Crippen LogP contribution in [0.4, 0.5) is 0 Å². The fourth-order valence-electron chi connectivity index (χ4n) is 2.50. The molecule has 0 radical (unpaired) electrons. The predicted molar refractivity (Wildman–Crippen MR) is 69.8 cm³/mol. The summed E-state index contributed by atoms with van der Waals surface area (Å²) in [5.74, 6) is 1.11. The van der Waals surface area contributed by atoms with Crippen molar-refractivity contribution >= 4 is 0 Å². The second-order valence-corrected chi connectivity index (χ2v) is 5.00. The van der Waals surface area contributed by atoms with E-state index in [1.165, 1.54) is 50.8 Å². The second-order valence-electron chi connectivity index (χ2n) is 5.00. The molecule has 3 heteroatoms. The van der Waals surface area contributed by atoms with Crippen molar-refractivity contribution < 1.29 is 4.42 Å². The average Bonchev–Trinajstić information content (AvgIpc) is 2.70. The highest BCUT2D eigenvalue weighted by molar-refractivity contribution is 5.12. The van der Waals surface area contributed by atoms with Gasteiger partial charge >= 0.3 is 0 Å². The molecule has 3 nitrogen and oxygen atoms in total. The van der Waals surface area contributed by atoms with Crippen molar-refractivity contribution in [1.82, 2.24) is 10.2 Å². The number of nitrogens with one attached hydrogen (secondary N) is 1.